The summed E-state index contributed by atoms with van der Waals surface area (Å²) < 4.78 is 0. The van der Waals surface area contributed by atoms with Crippen molar-refractivity contribution in [3.8, 4) is 0 Å². The topological polar surface area (TPSA) is 32.5 Å². The van der Waals surface area contributed by atoms with Crippen molar-refractivity contribution in [3.63, 3.8) is 0 Å². The molecule has 0 saturated heterocycles. The normalized spacial score (nSPS) is 10.9. The van der Waals surface area contributed by atoms with Crippen LogP contribution in [-0.4, -0.2) is 26.2 Å². The van der Waals surface area contributed by atoms with E-state index in [9.17, 15) is 0 Å². The second-order valence-corrected chi connectivity index (χ2v) is 7.17. The van der Waals surface area contributed by atoms with Gasteiger partial charge in [-0.2, -0.15) is 0 Å². The smallest absolute Gasteiger partial charge is 0.0407 e. The zero-order valence-electron chi connectivity index (χ0n) is 17.2. The molecule has 144 valence electrons. The number of nitrogens with zero attached hydrogens (tertiary/aromatic N) is 2. The van der Waals surface area contributed by atoms with Gasteiger partial charge in [-0.3, -0.25) is 0 Å². The summed E-state index contributed by atoms with van der Waals surface area (Å²) in [6.07, 6.45) is 9.89. The third-order valence-corrected chi connectivity index (χ3v) is 4.78. The van der Waals surface area contributed by atoms with E-state index < -0.39 is 0 Å². The van der Waals surface area contributed by atoms with Crippen molar-refractivity contribution < 1.29 is 0 Å². The second kappa shape index (κ2) is 12.9. The van der Waals surface area contributed by atoms with Crippen LogP contribution in [0.4, 0.5) is 17.1 Å². The Bertz CT molecular complexity index is 404. The number of anilines is 3. The van der Waals surface area contributed by atoms with Crippen LogP contribution in [0.5, 0.6) is 0 Å². The molecule has 0 heterocycles. The zero-order chi connectivity index (χ0) is 18.5. The predicted molar refractivity (Wildman–Crippen MR) is 115 cm³/mol. The van der Waals surface area contributed by atoms with Crippen molar-refractivity contribution in [2.45, 2.75) is 79.1 Å². The SMILES string of the molecule is CCCCN(CCCC)c1cc(N)cc(N(CCCC)CCCC)c1. The van der Waals surface area contributed by atoms with Crippen LogP contribution in [0, 0.1) is 0 Å². The summed E-state index contributed by atoms with van der Waals surface area (Å²) in [7, 11) is 0. The number of nitrogen functional groups attached to an aromatic ring is 1. The molecule has 25 heavy (non-hydrogen) atoms. The predicted octanol–water partition coefficient (Wildman–Crippen LogP) is 6.08. The quantitative estimate of drug-likeness (QED) is 0.414. The van der Waals surface area contributed by atoms with Crippen LogP contribution in [0.15, 0.2) is 18.2 Å². The first-order chi connectivity index (χ1) is 12.2. The standard InChI is InChI=1S/C22H41N3/c1-5-9-13-24(14-10-6-2)21-17-20(23)18-22(19-21)25(15-11-7-3)16-12-8-4/h17-19H,5-16,23H2,1-4H3. The van der Waals surface area contributed by atoms with E-state index in [1.54, 1.807) is 0 Å². The van der Waals surface area contributed by atoms with E-state index in [2.05, 4.69) is 55.7 Å². The maximum Gasteiger partial charge on any atom is 0.0407 e. The summed E-state index contributed by atoms with van der Waals surface area (Å²) in [6.45, 7) is 13.6. The Kier molecular flexibility index (Phi) is 11.2. The Labute approximate surface area is 156 Å². The van der Waals surface area contributed by atoms with E-state index in [0.29, 0.717) is 0 Å². The summed E-state index contributed by atoms with van der Waals surface area (Å²) in [5.41, 5.74) is 9.79. The van der Waals surface area contributed by atoms with Gasteiger partial charge in [-0.15, -0.1) is 0 Å². The summed E-state index contributed by atoms with van der Waals surface area (Å²) in [5, 5.41) is 0. The van der Waals surface area contributed by atoms with Gasteiger partial charge in [0.05, 0.1) is 0 Å². The number of hydrogen-bond donors (Lipinski definition) is 1. The van der Waals surface area contributed by atoms with Crippen molar-refractivity contribution in [2.24, 2.45) is 0 Å². The molecule has 0 fully saturated rings. The molecule has 0 atom stereocenters. The molecule has 0 unspecified atom stereocenters. The fourth-order valence-corrected chi connectivity index (χ4v) is 3.12. The van der Waals surface area contributed by atoms with Gasteiger partial charge in [-0.25, -0.2) is 0 Å². The minimum atomic E-state index is 0.892. The lowest BCUT2D eigenvalue weighted by molar-refractivity contribution is 0.672. The number of benzene rings is 1. The lowest BCUT2D eigenvalue weighted by Gasteiger charge is -2.29. The Hall–Kier alpha value is -1.38. The Morgan fingerprint density at radius 2 is 0.920 bits per heavy atom. The van der Waals surface area contributed by atoms with Crippen LogP contribution in [0.2, 0.25) is 0 Å². The largest absolute Gasteiger partial charge is 0.399 e. The summed E-state index contributed by atoms with van der Waals surface area (Å²) in [4.78, 5) is 5.06. The van der Waals surface area contributed by atoms with Crippen molar-refractivity contribution in [2.75, 3.05) is 41.7 Å². The van der Waals surface area contributed by atoms with Crippen LogP contribution in [0.3, 0.4) is 0 Å². The first-order valence-electron chi connectivity index (χ1n) is 10.6. The van der Waals surface area contributed by atoms with E-state index in [0.717, 1.165) is 31.9 Å². The molecule has 0 aromatic heterocycles. The van der Waals surface area contributed by atoms with E-state index in [-0.39, 0.29) is 0 Å². The number of nitrogens with two attached hydrogens (primary N) is 1. The van der Waals surface area contributed by atoms with Crippen LogP contribution in [0.25, 0.3) is 0 Å². The summed E-state index contributed by atoms with van der Waals surface area (Å²) in [5.74, 6) is 0. The van der Waals surface area contributed by atoms with Crippen LogP contribution in [-0.2, 0) is 0 Å². The van der Waals surface area contributed by atoms with Crippen molar-refractivity contribution in [1.82, 2.24) is 0 Å². The number of rotatable bonds is 14. The lowest BCUT2D eigenvalue weighted by Crippen LogP contribution is -2.28. The van der Waals surface area contributed by atoms with Crippen LogP contribution in [0.1, 0.15) is 79.1 Å². The van der Waals surface area contributed by atoms with Crippen molar-refractivity contribution in [1.29, 1.82) is 0 Å². The molecule has 0 amide bonds. The van der Waals surface area contributed by atoms with Gasteiger partial charge in [0, 0.05) is 43.2 Å². The van der Waals surface area contributed by atoms with Crippen molar-refractivity contribution in [3.05, 3.63) is 18.2 Å². The molecule has 0 bridgehead atoms. The van der Waals surface area contributed by atoms with E-state index in [4.69, 9.17) is 5.73 Å². The Balaban J connectivity index is 3.02. The lowest BCUT2D eigenvalue weighted by atomic mass is 10.1. The van der Waals surface area contributed by atoms with Crippen LogP contribution < -0.4 is 15.5 Å². The molecule has 1 aromatic rings. The Morgan fingerprint density at radius 1 is 0.600 bits per heavy atom. The third kappa shape index (κ3) is 8.02. The van der Waals surface area contributed by atoms with Gasteiger partial charge in [-0.05, 0) is 43.9 Å². The van der Waals surface area contributed by atoms with E-state index >= 15 is 0 Å². The fraction of sp³-hybridized carbons (Fsp3) is 0.727. The molecule has 1 rings (SSSR count). The van der Waals surface area contributed by atoms with Gasteiger partial charge in [0.1, 0.15) is 0 Å². The molecule has 2 N–H and O–H groups in total. The van der Waals surface area contributed by atoms with E-state index in [1.807, 2.05) is 0 Å². The van der Waals surface area contributed by atoms with Crippen LogP contribution >= 0.6 is 0 Å². The molecule has 1 aromatic carbocycles. The molecule has 0 aliphatic heterocycles. The van der Waals surface area contributed by atoms with Gasteiger partial charge < -0.3 is 15.5 Å². The molecule has 0 aliphatic carbocycles. The fourth-order valence-electron chi connectivity index (χ4n) is 3.12. The molecule has 0 aliphatic rings. The number of unbranched alkanes of at least 4 members (excludes halogenated alkanes) is 4. The van der Waals surface area contributed by atoms with Gasteiger partial charge in [0.15, 0.2) is 0 Å². The van der Waals surface area contributed by atoms with Gasteiger partial charge in [-0.1, -0.05) is 53.4 Å². The molecule has 3 heteroatoms. The summed E-state index contributed by atoms with van der Waals surface area (Å²) in [6, 6.07) is 6.69. The molecular formula is C22H41N3. The molecule has 0 saturated carbocycles. The highest BCUT2D eigenvalue weighted by atomic mass is 15.1. The molecular weight excluding hydrogens is 306 g/mol. The average molecular weight is 348 g/mol. The molecule has 3 nitrogen and oxygen atoms in total. The monoisotopic (exact) mass is 347 g/mol. The third-order valence-electron chi connectivity index (χ3n) is 4.78. The Morgan fingerprint density at radius 3 is 1.20 bits per heavy atom. The maximum atomic E-state index is 6.30. The first kappa shape index (κ1) is 21.7. The first-order valence-corrected chi connectivity index (χ1v) is 10.6. The number of hydrogen-bond acceptors (Lipinski definition) is 3. The maximum absolute atomic E-state index is 6.30. The highest BCUT2D eigenvalue weighted by molar-refractivity contribution is 5.67. The molecule has 0 radical (unpaired) electrons. The summed E-state index contributed by atoms with van der Waals surface area (Å²) >= 11 is 0. The minimum absolute atomic E-state index is 0.892. The highest BCUT2D eigenvalue weighted by Crippen LogP contribution is 2.28. The van der Waals surface area contributed by atoms with Gasteiger partial charge >= 0.3 is 0 Å². The highest BCUT2D eigenvalue weighted by Gasteiger charge is 2.12. The zero-order valence-corrected chi connectivity index (χ0v) is 17.2. The van der Waals surface area contributed by atoms with E-state index in [1.165, 1.54) is 62.7 Å². The second-order valence-electron chi connectivity index (χ2n) is 7.17. The minimum Gasteiger partial charge on any atom is -0.399 e. The molecule has 0 spiro atoms. The van der Waals surface area contributed by atoms with Gasteiger partial charge in [0.2, 0.25) is 0 Å². The van der Waals surface area contributed by atoms with Gasteiger partial charge in [0.25, 0.3) is 0 Å². The average Bonchev–Trinajstić information content (AvgIpc) is 2.61. The van der Waals surface area contributed by atoms with Crippen molar-refractivity contribution >= 4 is 17.1 Å².